The van der Waals surface area contributed by atoms with E-state index >= 15 is 0 Å². The van der Waals surface area contributed by atoms with E-state index in [4.69, 9.17) is 9.73 Å². The summed E-state index contributed by atoms with van der Waals surface area (Å²) in [5.41, 5.74) is 1.41. The van der Waals surface area contributed by atoms with Gasteiger partial charge in [-0.05, 0) is 36.4 Å². The number of ether oxygens (including phenoxy) is 1. The van der Waals surface area contributed by atoms with Gasteiger partial charge in [0.05, 0.1) is 23.9 Å². The predicted molar refractivity (Wildman–Crippen MR) is 143 cm³/mol. The fourth-order valence-electron chi connectivity index (χ4n) is 3.85. The molecule has 1 aromatic carbocycles. The molecule has 2 aliphatic heterocycles. The Hall–Kier alpha value is -3.02. The smallest absolute Gasteiger partial charge is 0.259 e. The number of rotatable bonds is 11. The van der Waals surface area contributed by atoms with Gasteiger partial charge in [0.2, 0.25) is 11.8 Å². The Kier molecular flexibility index (Phi) is 8.89. The standard InChI is InChI=1S/C25H29N5O4S2/c1-3-20(23(32)26-11-7-12-34-2)36-25-29-18-10-5-4-9-17(18)22-28-19(24(33)30(22)25)14-21(31)27-15-16-8-6-13-35-16/h4-6,8-10,13,19-20H,3,7,11-12,14-15H2,1-2H3,(H,26,32)(H,27,31)/t19-,20-/m1/s1. The number of hydrogen-bond donors (Lipinski definition) is 2. The Bertz CT molecular complexity index is 1160. The molecule has 2 atom stereocenters. The molecule has 2 N–H and O–H groups in total. The van der Waals surface area contributed by atoms with Crippen molar-refractivity contribution < 1.29 is 19.1 Å². The molecule has 190 valence electrons. The molecule has 0 aliphatic carbocycles. The molecule has 0 radical (unpaired) electrons. The number of para-hydroxylation sites is 1. The van der Waals surface area contributed by atoms with Gasteiger partial charge in [0, 0.05) is 30.7 Å². The number of benzene rings is 1. The highest BCUT2D eigenvalue weighted by atomic mass is 32.2. The number of nitrogens with zero attached hydrogens (tertiary/aromatic N) is 3. The summed E-state index contributed by atoms with van der Waals surface area (Å²) in [6.07, 6.45) is 1.22. The van der Waals surface area contributed by atoms with Crippen LogP contribution in [0.4, 0.5) is 5.69 Å². The Morgan fingerprint density at radius 3 is 2.81 bits per heavy atom. The summed E-state index contributed by atoms with van der Waals surface area (Å²) in [6, 6.07) is 10.5. The monoisotopic (exact) mass is 527 g/mol. The number of carbonyl (C=O) groups is 3. The summed E-state index contributed by atoms with van der Waals surface area (Å²) in [4.78, 5) is 50.7. The number of carbonyl (C=O) groups excluding carboxylic acids is 3. The van der Waals surface area contributed by atoms with Crippen molar-refractivity contribution in [2.45, 2.75) is 44.0 Å². The normalized spacial score (nSPS) is 17.1. The molecular formula is C25H29N5O4S2. The van der Waals surface area contributed by atoms with Gasteiger partial charge < -0.3 is 15.4 Å². The van der Waals surface area contributed by atoms with Gasteiger partial charge >= 0.3 is 0 Å². The summed E-state index contributed by atoms with van der Waals surface area (Å²) in [6.45, 7) is 3.42. The minimum atomic E-state index is -0.844. The second kappa shape index (κ2) is 12.3. The van der Waals surface area contributed by atoms with Gasteiger partial charge in [-0.2, -0.15) is 0 Å². The van der Waals surface area contributed by atoms with E-state index in [1.807, 2.05) is 48.7 Å². The zero-order valence-corrected chi connectivity index (χ0v) is 21.9. The van der Waals surface area contributed by atoms with Gasteiger partial charge in [0.1, 0.15) is 11.9 Å². The van der Waals surface area contributed by atoms with Crippen LogP contribution in [0, 0.1) is 0 Å². The van der Waals surface area contributed by atoms with Crippen molar-refractivity contribution in [2.24, 2.45) is 9.98 Å². The first-order valence-electron chi connectivity index (χ1n) is 11.8. The zero-order valence-electron chi connectivity index (χ0n) is 20.2. The second-order valence-corrected chi connectivity index (χ2v) is 10.5. The van der Waals surface area contributed by atoms with Crippen molar-refractivity contribution >= 4 is 57.5 Å². The average Bonchev–Trinajstić information content (AvgIpc) is 3.52. The third-order valence-electron chi connectivity index (χ3n) is 5.70. The van der Waals surface area contributed by atoms with Gasteiger partial charge in [-0.15, -0.1) is 11.3 Å². The number of hydrogen-bond acceptors (Lipinski definition) is 8. The molecule has 0 bridgehead atoms. The molecule has 0 spiro atoms. The lowest BCUT2D eigenvalue weighted by Crippen LogP contribution is -2.44. The van der Waals surface area contributed by atoms with Crippen LogP contribution in [0.5, 0.6) is 0 Å². The third kappa shape index (κ3) is 6.03. The summed E-state index contributed by atoms with van der Waals surface area (Å²) in [7, 11) is 1.62. The van der Waals surface area contributed by atoms with Crippen LogP contribution in [0.1, 0.15) is 36.6 Å². The molecule has 0 saturated heterocycles. The van der Waals surface area contributed by atoms with Crippen LogP contribution in [0.15, 0.2) is 51.8 Å². The molecule has 9 nitrogen and oxygen atoms in total. The van der Waals surface area contributed by atoms with E-state index < -0.39 is 11.3 Å². The van der Waals surface area contributed by atoms with Crippen LogP contribution < -0.4 is 10.6 Å². The van der Waals surface area contributed by atoms with E-state index in [-0.39, 0.29) is 24.1 Å². The number of amidine groups is 2. The maximum absolute atomic E-state index is 13.4. The van der Waals surface area contributed by atoms with Crippen molar-refractivity contribution in [1.82, 2.24) is 15.5 Å². The molecule has 0 fully saturated rings. The Morgan fingerprint density at radius 1 is 1.22 bits per heavy atom. The van der Waals surface area contributed by atoms with Gasteiger partial charge in [-0.1, -0.05) is 36.9 Å². The molecule has 11 heteroatoms. The SMILES string of the molecule is CC[C@@H](SC1=Nc2ccccc2C2=N[C@H](CC(=O)NCc3cccs3)C(=O)N12)C(=O)NCCCOC. The molecule has 0 unspecified atom stereocenters. The number of nitrogens with one attached hydrogen (secondary N) is 2. The van der Waals surface area contributed by atoms with Gasteiger partial charge in [0.25, 0.3) is 5.91 Å². The van der Waals surface area contributed by atoms with Crippen LogP contribution in [-0.2, 0) is 25.7 Å². The second-order valence-electron chi connectivity index (χ2n) is 8.27. The molecular weight excluding hydrogens is 498 g/mol. The van der Waals surface area contributed by atoms with Crippen LogP contribution in [0.25, 0.3) is 0 Å². The Labute approximate surface area is 218 Å². The van der Waals surface area contributed by atoms with E-state index in [0.717, 1.165) is 16.9 Å². The van der Waals surface area contributed by atoms with Crippen molar-refractivity contribution in [3.63, 3.8) is 0 Å². The fourth-order valence-corrected chi connectivity index (χ4v) is 5.54. The van der Waals surface area contributed by atoms with E-state index in [9.17, 15) is 14.4 Å². The quantitative estimate of drug-likeness (QED) is 0.436. The molecule has 1 aromatic heterocycles. The lowest BCUT2D eigenvalue weighted by Gasteiger charge is -2.27. The minimum absolute atomic E-state index is 0.0541. The van der Waals surface area contributed by atoms with Crippen molar-refractivity contribution in [2.75, 3.05) is 20.3 Å². The summed E-state index contributed by atoms with van der Waals surface area (Å²) >= 11 is 2.80. The number of thiophene rings is 1. The van der Waals surface area contributed by atoms with Gasteiger partial charge in [-0.3, -0.25) is 19.4 Å². The van der Waals surface area contributed by atoms with E-state index in [1.165, 1.54) is 16.7 Å². The van der Waals surface area contributed by atoms with Crippen molar-refractivity contribution in [3.8, 4) is 0 Å². The first-order chi connectivity index (χ1) is 17.5. The highest BCUT2D eigenvalue weighted by Gasteiger charge is 2.43. The van der Waals surface area contributed by atoms with Crippen LogP contribution in [0.2, 0.25) is 0 Å². The molecule has 3 heterocycles. The molecule has 3 amide bonds. The topological polar surface area (TPSA) is 112 Å². The first kappa shape index (κ1) is 26.1. The minimum Gasteiger partial charge on any atom is -0.385 e. The number of methoxy groups -OCH3 is 1. The summed E-state index contributed by atoms with van der Waals surface area (Å²) < 4.78 is 5.03. The number of fused-ring (bicyclic) bond motifs is 3. The Morgan fingerprint density at radius 2 is 2.06 bits per heavy atom. The van der Waals surface area contributed by atoms with E-state index in [2.05, 4.69) is 15.6 Å². The van der Waals surface area contributed by atoms with Crippen LogP contribution >= 0.6 is 23.1 Å². The lowest BCUT2D eigenvalue weighted by atomic mass is 10.1. The molecule has 2 aromatic rings. The fraction of sp³-hybridized carbons (Fsp3) is 0.400. The van der Waals surface area contributed by atoms with Crippen molar-refractivity contribution in [1.29, 1.82) is 0 Å². The number of aliphatic imine (C=N–C) groups is 2. The summed E-state index contributed by atoms with van der Waals surface area (Å²) in [5.74, 6) is -0.200. The lowest BCUT2D eigenvalue weighted by molar-refractivity contribution is -0.128. The Balaban J connectivity index is 1.49. The largest absolute Gasteiger partial charge is 0.385 e. The summed E-state index contributed by atoms with van der Waals surface area (Å²) in [5, 5.41) is 7.71. The molecule has 4 rings (SSSR count). The molecule has 36 heavy (non-hydrogen) atoms. The maximum atomic E-state index is 13.4. The van der Waals surface area contributed by atoms with Crippen LogP contribution in [-0.4, -0.2) is 65.2 Å². The molecule has 2 aliphatic rings. The van der Waals surface area contributed by atoms with Crippen molar-refractivity contribution in [3.05, 3.63) is 52.2 Å². The third-order valence-corrected chi connectivity index (χ3v) is 7.89. The predicted octanol–water partition coefficient (Wildman–Crippen LogP) is 3.08. The van der Waals surface area contributed by atoms with Crippen LogP contribution in [0.3, 0.4) is 0 Å². The average molecular weight is 528 g/mol. The first-order valence-corrected chi connectivity index (χ1v) is 13.6. The number of amides is 3. The number of thioether (sulfide) groups is 1. The maximum Gasteiger partial charge on any atom is 0.259 e. The van der Waals surface area contributed by atoms with Gasteiger partial charge in [-0.25, -0.2) is 9.89 Å². The zero-order chi connectivity index (χ0) is 25.5. The molecule has 0 saturated carbocycles. The van der Waals surface area contributed by atoms with E-state index in [1.54, 1.807) is 18.4 Å². The highest BCUT2D eigenvalue weighted by molar-refractivity contribution is 8.15. The highest BCUT2D eigenvalue weighted by Crippen LogP contribution is 2.35. The van der Waals surface area contributed by atoms with E-state index in [0.29, 0.717) is 42.8 Å². The van der Waals surface area contributed by atoms with Gasteiger partial charge in [0.15, 0.2) is 5.17 Å².